The molecule has 2 aromatic rings. The normalized spacial score (nSPS) is 14.4. The molecule has 1 amide bonds. The fourth-order valence-electron chi connectivity index (χ4n) is 3.67. The van der Waals surface area contributed by atoms with Crippen LogP contribution in [0.1, 0.15) is 65.9 Å². The molecule has 5 nitrogen and oxygen atoms in total. The Balaban J connectivity index is 1.47. The molecule has 0 spiro atoms. The number of nitrogens with one attached hydrogen (secondary N) is 2. The van der Waals surface area contributed by atoms with Crippen molar-refractivity contribution in [2.24, 2.45) is 0 Å². The molecular formula is C23H28N2O3. The number of rotatable bonds is 8. The third kappa shape index (κ3) is 5.84. The molecule has 0 saturated heterocycles. The summed E-state index contributed by atoms with van der Waals surface area (Å²) in [5.41, 5.74) is 4.16. The van der Waals surface area contributed by atoms with Gasteiger partial charge in [-0.25, -0.2) is 0 Å². The van der Waals surface area contributed by atoms with E-state index in [0.717, 1.165) is 17.2 Å². The van der Waals surface area contributed by atoms with Gasteiger partial charge in [0.25, 0.3) is 5.91 Å². The van der Waals surface area contributed by atoms with Gasteiger partial charge < -0.3 is 15.7 Å². The number of hydrogen-bond donors (Lipinski definition) is 3. The van der Waals surface area contributed by atoms with Crippen molar-refractivity contribution in [3.63, 3.8) is 0 Å². The SMILES string of the molecule is O=C(O)CCNC(=O)c1ccc(CNc2ccc(C3CCCCC3)cc2)cc1. The van der Waals surface area contributed by atoms with Gasteiger partial charge in [-0.15, -0.1) is 0 Å². The van der Waals surface area contributed by atoms with Gasteiger partial charge in [-0.2, -0.15) is 0 Å². The quantitative estimate of drug-likeness (QED) is 0.628. The number of carbonyl (C=O) groups is 2. The Morgan fingerprint density at radius 2 is 1.61 bits per heavy atom. The summed E-state index contributed by atoms with van der Waals surface area (Å²) in [5.74, 6) is -0.454. The van der Waals surface area contributed by atoms with Crippen LogP contribution in [0.25, 0.3) is 0 Å². The average Bonchev–Trinajstić information content (AvgIpc) is 2.73. The van der Waals surface area contributed by atoms with E-state index in [-0.39, 0.29) is 18.9 Å². The second-order valence-electron chi connectivity index (χ2n) is 7.41. The maximum atomic E-state index is 12.0. The largest absolute Gasteiger partial charge is 0.481 e. The molecule has 5 heteroatoms. The number of aliphatic carboxylic acids is 1. The lowest BCUT2D eigenvalue weighted by molar-refractivity contribution is -0.136. The molecule has 3 N–H and O–H groups in total. The first-order valence-electron chi connectivity index (χ1n) is 10.0. The van der Waals surface area contributed by atoms with Gasteiger partial charge >= 0.3 is 5.97 Å². The molecule has 0 aromatic heterocycles. The van der Waals surface area contributed by atoms with E-state index < -0.39 is 5.97 Å². The van der Waals surface area contributed by atoms with Crippen molar-refractivity contribution >= 4 is 17.6 Å². The summed E-state index contributed by atoms with van der Waals surface area (Å²) < 4.78 is 0. The summed E-state index contributed by atoms with van der Waals surface area (Å²) >= 11 is 0. The third-order valence-electron chi connectivity index (χ3n) is 5.32. The molecule has 0 unspecified atom stereocenters. The zero-order valence-corrected chi connectivity index (χ0v) is 16.1. The molecule has 1 fully saturated rings. The second kappa shape index (κ2) is 9.93. The molecule has 0 bridgehead atoms. The van der Waals surface area contributed by atoms with Crippen LogP contribution < -0.4 is 10.6 Å². The van der Waals surface area contributed by atoms with Crippen molar-refractivity contribution in [3.8, 4) is 0 Å². The first-order valence-corrected chi connectivity index (χ1v) is 10.0. The average molecular weight is 380 g/mol. The standard InChI is InChI=1S/C23H28N2O3/c26-22(27)14-15-24-23(28)20-8-6-17(7-9-20)16-25-21-12-10-19(11-13-21)18-4-2-1-3-5-18/h6-13,18,25H,1-5,14-16H2,(H,24,28)(H,26,27). The number of carbonyl (C=O) groups excluding carboxylic acids is 1. The van der Waals surface area contributed by atoms with E-state index in [1.165, 1.54) is 37.7 Å². The molecule has 1 aliphatic carbocycles. The lowest BCUT2D eigenvalue weighted by Crippen LogP contribution is -2.25. The highest BCUT2D eigenvalue weighted by molar-refractivity contribution is 5.94. The molecule has 2 aromatic carbocycles. The van der Waals surface area contributed by atoms with Gasteiger partial charge in [-0.1, -0.05) is 43.5 Å². The zero-order valence-electron chi connectivity index (χ0n) is 16.1. The van der Waals surface area contributed by atoms with Crippen LogP contribution in [-0.2, 0) is 11.3 Å². The van der Waals surface area contributed by atoms with E-state index in [1.807, 2.05) is 12.1 Å². The van der Waals surface area contributed by atoms with Gasteiger partial charge in [-0.05, 0) is 54.2 Å². The first kappa shape index (κ1) is 19.9. The fraction of sp³-hybridized carbons (Fsp3) is 0.391. The minimum atomic E-state index is -0.923. The molecule has 148 valence electrons. The number of carboxylic acids is 1. The maximum Gasteiger partial charge on any atom is 0.305 e. The van der Waals surface area contributed by atoms with E-state index in [0.29, 0.717) is 12.1 Å². The summed E-state index contributed by atoms with van der Waals surface area (Å²) in [7, 11) is 0. The molecule has 0 atom stereocenters. The van der Waals surface area contributed by atoms with E-state index in [9.17, 15) is 9.59 Å². The highest BCUT2D eigenvalue weighted by atomic mass is 16.4. The molecule has 28 heavy (non-hydrogen) atoms. The maximum absolute atomic E-state index is 12.0. The Bertz CT molecular complexity index is 778. The molecule has 1 saturated carbocycles. The summed E-state index contributed by atoms with van der Waals surface area (Å²) in [6.45, 7) is 0.817. The number of anilines is 1. The molecule has 0 heterocycles. The number of hydrogen-bond acceptors (Lipinski definition) is 3. The van der Waals surface area contributed by atoms with Crippen molar-refractivity contribution < 1.29 is 14.7 Å². The third-order valence-corrected chi connectivity index (χ3v) is 5.32. The van der Waals surface area contributed by atoms with Crippen LogP contribution in [0, 0.1) is 0 Å². The van der Waals surface area contributed by atoms with Gasteiger partial charge in [0.1, 0.15) is 0 Å². The van der Waals surface area contributed by atoms with Crippen LogP contribution in [0.4, 0.5) is 5.69 Å². The van der Waals surface area contributed by atoms with E-state index >= 15 is 0 Å². The Hall–Kier alpha value is -2.82. The molecular weight excluding hydrogens is 352 g/mol. The van der Waals surface area contributed by atoms with Gasteiger partial charge in [-0.3, -0.25) is 9.59 Å². The second-order valence-corrected chi connectivity index (χ2v) is 7.41. The van der Waals surface area contributed by atoms with Crippen LogP contribution in [0.5, 0.6) is 0 Å². The Kier molecular flexibility index (Phi) is 7.06. The molecule has 0 aliphatic heterocycles. The molecule has 1 aliphatic rings. The van der Waals surface area contributed by atoms with Crippen molar-refractivity contribution in [2.75, 3.05) is 11.9 Å². The highest BCUT2D eigenvalue weighted by Crippen LogP contribution is 2.33. The van der Waals surface area contributed by atoms with Gasteiger partial charge in [0.05, 0.1) is 6.42 Å². The zero-order chi connectivity index (χ0) is 19.8. The predicted octanol–water partition coefficient (Wildman–Crippen LogP) is 4.55. The van der Waals surface area contributed by atoms with Crippen LogP contribution in [0.2, 0.25) is 0 Å². The van der Waals surface area contributed by atoms with Gasteiger partial charge in [0.2, 0.25) is 0 Å². The summed E-state index contributed by atoms with van der Waals surface area (Å²) in [4.78, 5) is 22.5. The minimum absolute atomic E-state index is 0.0761. The Morgan fingerprint density at radius 1 is 0.929 bits per heavy atom. The van der Waals surface area contributed by atoms with E-state index in [4.69, 9.17) is 5.11 Å². The Morgan fingerprint density at radius 3 is 2.25 bits per heavy atom. The van der Waals surface area contributed by atoms with Crippen LogP contribution >= 0.6 is 0 Å². The smallest absolute Gasteiger partial charge is 0.305 e. The highest BCUT2D eigenvalue weighted by Gasteiger charge is 2.15. The van der Waals surface area contributed by atoms with Crippen molar-refractivity contribution in [1.29, 1.82) is 0 Å². The van der Waals surface area contributed by atoms with Crippen LogP contribution in [0.15, 0.2) is 48.5 Å². The topological polar surface area (TPSA) is 78.4 Å². The summed E-state index contributed by atoms with van der Waals surface area (Å²) in [5, 5.41) is 14.6. The van der Waals surface area contributed by atoms with Crippen LogP contribution in [0.3, 0.4) is 0 Å². The number of benzene rings is 2. The lowest BCUT2D eigenvalue weighted by atomic mass is 9.84. The molecule has 3 rings (SSSR count). The molecule has 0 radical (unpaired) electrons. The number of amides is 1. The van der Waals surface area contributed by atoms with E-state index in [1.54, 1.807) is 12.1 Å². The van der Waals surface area contributed by atoms with Crippen molar-refractivity contribution in [3.05, 3.63) is 65.2 Å². The van der Waals surface area contributed by atoms with Gasteiger partial charge in [0, 0.05) is 24.3 Å². The fourth-order valence-corrected chi connectivity index (χ4v) is 3.67. The van der Waals surface area contributed by atoms with E-state index in [2.05, 4.69) is 34.9 Å². The van der Waals surface area contributed by atoms with Gasteiger partial charge in [0.15, 0.2) is 0 Å². The monoisotopic (exact) mass is 380 g/mol. The van der Waals surface area contributed by atoms with Crippen LogP contribution in [-0.4, -0.2) is 23.5 Å². The minimum Gasteiger partial charge on any atom is -0.481 e. The van der Waals surface area contributed by atoms with Crippen molar-refractivity contribution in [2.45, 2.75) is 51.0 Å². The summed E-state index contributed by atoms with van der Waals surface area (Å²) in [6, 6.07) is 16.1. The predicted molar refractivity (Wildman–Crippen MR) is 111 cm³/mol. The van der Waals surface area contributed by atoms with Crippen molar-refractivity contribution in [1.82, 2.24) is 5.32 Å². The summed E-state index contributed by atoms with van der Waals surface area (Å²) in [6.07, 6.45) is 6.61. The first-order chi connectivity index (χ1) is 13.6. The Labute approximate surface area is 166 Å². The number of carboxylic acid groups (broad SMARTS) is 1. The lowest BCUT2D eigenvalue weighted by Gasteiger charge is -2.22.